The Morgan fingerprint density at radius 1 is 1.45 bits per heavy atom. The zero-order valence-corrected chi connectivity index (χ0v) is 12.4. The number of likely N-dealkylation sites (tertiary alicyclic amines) is 1. The van der Waals surface area contributed by atoms with Crippen molar-refractivity contribution < 1.29 is 14.7 Å². The van der Waals surface area contributed by atoms with Crippen LogP contribution in [0.2, 0.25) is 0 Å². The van der Waals surface area contributed by atoms with Crippen LogP contribution in [0.3, 0.4) is 0 Å². The molecule has 2 heterocycles. The van der Waals surface area contributed by atoms with Gasteiger partial charge in [-0.1, -0.05) is 0 Å². The molecule has 2 N–H and O–H groups in total. The van der Waals surface area contributed by atoms with Crippen LogP contribution in [-0.2, 0) is 11.3 Å². The van der Waals surface area contributed by atoms with Gasteiger partial charge in [0.2, 0.25) is 0 Å². The van der Waals surface area contributed by atoms with Gasteiger partial charge in [-0.15, -0.1) is 11.3 Å². The second-order valence-corrected chi connectivity index (χ2v) is 6.21. The molecule has 1 saturated heterocycles. The lowest BCUT2D eigenvalue weighted by Crippen LogP contribution is -2.44. The fraction of sp³-hybridized carbons (Fsp3) is 0.571. The second kappa shape index (κ2) is 6.74. The van der Waals surface area contributed by atoms with Gasteiger partial charge in [-0.2, -0.15) is 0 Å². The van der Waals surface area contributed by atoms with Crippen molar-refractivity contribution in [1.82, 2.24) is 10.2 Å². The van der Waals surface area contributed by atoms with Gasteiger partial charge in [0, 0.05) is 24.4 Å². The Bertz CT molecular complexity index is 479. The Morgan fingerprint density at radius 2 is 2.15 bits per heavy atom. The molecule has 2 rings (SSSR count). The van der Waals surface area contributed by atoms with Crippen molar-refractivity contribution in [3.63, 3.8) is 0 Å². The third kappa shape index (κ3) is 3.96. The van der Waals surface area contributed by atoms with Crippen molar-refractivity contribution in [2.45, 2.75) is 32.7 Å². The van der Waals surface area contributed by atoms with Crippen LogP contribution in [0.5, 0.6) is 0 Å². The van der Waals surface area contributed by atoms with E-state index in [9.17, 15) is 9.59 Å². The van der Waals surface area contributed by atoms with Gasteiger partial charge in [0.1, 0.15) is 0 Å². The van der Waals surface area contributed by atoms with Crippen LogP contribution < -0.4 is 5.32 Å². The zero-order chi connectivity index (χ0) is 14.5. The van der Waals surface area contributed by atoms with E-state index in [1.807, 2.05) is 18.4 Å². The number of carboxylic acid groups (broad SMARTS) is 1. The fourth-order valence-corrected chi connectivity index (χ4v) is 3.29. The molecule has 1 aromatic rings. The Balaban J connectivity index is 1.74. The predicted molar refractivity (Wildman–Crippen MR) is 77.8 cm³/mol. The van der Waals surface area contributed by atoms with Crippen molar-refractivity contribution in [3.8, 4) is 0 Å². The van der Waals surface area contributed by atoms with E-state index >= 15 is 0 Å². The number of hydrogen-bond acceptors (Lipinski definition) is 3. The van der Waals surface area contributed by atoms with Gasteiger partial charge in [-0.05, 0) is 42.7 Å². The number of hydrogen-bond donors (Lipinski definition) is 2. The molecule has 0 aliphatic carbocycles. The van der Waals surface area contributed by atoms with Gasteiger partial charge in [-0.25, -0.2) is 4.79 Å². The molecule has 1 fully saturated rings. The first kappa shape index (κ1) is 14.8. The molecule has 0 aromatic carbocycles. The van der Waals surface area contributed by atoms with E-state index in [1.165, 1.54) is 10.4 Å². The van der Waals surface area contributed by atoms with E-state index in [0.717, 1.165) is 12.8 Å². The van der Waals surface area contributed by atoms with Crippen molar-refractivity contribution >= 4 is 23.3 Å². The molecule has 1 aliphatic rings. The van der Waals surface area contributed by atoms with Crippen molar-refractivity contribution in [2.75, 3.05) is 13.1 Å². The lowest BCUT2D eigenvalue weighted by Gasteiger charge is -2.31. The maximum Gasteiger partial charge on any atom is 0.317 e. The van der Waals surface area contributed by atoms with Crippen LogP contribution in [-0.4, -0.2) is 35.1 Å². The van der Waals surface area contributed by atoms with E-state index in [2.05, 4.69) is 5.32 Å². The maximum atomic E-state index is 12.0. The quantitative estimate of drug-likeness (QED) is 0.896. The van der Waals surface area contributed by atoms with E-state index in [0.29, 0.717) is 19.6 Å². The minimum Gasteiger partial charge on any atom is -0.481 e. The highest BCUT2D eigenvalue weighted by atomic mass is 32.1. The highest BCUT2D eigenvalue weighted by Gasteiger charge is 2.24. The summed E-state index contributed by atoms with van der Waals surface area (Å²) in [6.07, 6.45) is 1.76. The second-order valence-electron chi connectivity index (χ2n) is 5.21. The first-order valence-electron chi connectivity index (χ1n) is 6.84. The number of rotatable bonds is 4. The summed E-state index contributed by atoms with van der Waals surface area (Å²) in [7, 11) is 0. The van der Waals surface area contributed by atoms with Crippen LogP contribution in [0.4, 0.5) is 4.79 Å². The summed E-state index contributed by atoms with van der Waals surface area (Å²) in [4.78, 5) is 25.7. The van der Waals surface area contributed by atoms with E-state index in [1.54, 1.807) is 16.2 Å². The Kier molecular flexibility index (Phi) is 5.00. The highest BCUT2D eigenvalue weighted by Crippen LogP contribution is 2.20. The van der Waals surface area contributed by atoms with Gasteiger partial charge in [0.25, 0.3) is 0 Å². The predicted octanol–water partition coefficient (Wildman–Crippen LogP) is 2.45. The van der Waals surface area contributed by atoms with Crippen LogP contribution >= 0.6 is 11.3 Å². The number of carbonyl (C=O) groups is 2. The smallest absolute Gasteiger partial charge is 0.317 e. The average Bonchev–Trinajstić information content (AvgIpc) is 2.82. The third-order valence-electron chi connectivity index (χ3n) is 3.73. The summed E-state index contributed by atoms with van der Waals surface area (Å²) in [6, 6.07) is 2.00. The minimum absolute atomic E-state index is 0.0495. The maximum absolute atomic E-state index is 12.0. The number of carbonyl (C=O) groups excluding carboxylic acids is 1. The lowest BCUT2D eigenvalue weighted by molar-refractivity contribution is -0.138. The number of nitrogens with zero attached hydrogens (tertiary/aromatic N) is 1. The number of nitrogens with one attached hydrogen (secondary N) is 1. The summed E-state index contributed by atoms with van der Waals surface area (Å²) >= 11 is 1.65. The van der Waals surface area contributed by atoms with Crippen LogP contribution in [0.15, 0.2) is 11.4 Å². The average molecular weight is 296 g/mol. The number of aliphatic carboxylic acids is 1. The van der Waals surface area contributed by atoms with Gasteiger partial charge in [0.05, 0.1) is 6.54 Å². The molecule has 110 valence electrons. The molecule has 0 saturated carbocycles. The molecule has 1 aliphatic heterocycles. The molecule has 1 aromatic heterocycles. The molecular formula is C14H20N2O3S. The zero-order valence-electron chi connectivity index (χ0n) is 11.6. The first-order valence-corrected chi connectivity index (χ1v) is 7.71. The topological polar surface area (TPSA) is 69.6 Å². The van der Waals surface area contributed by atoms with Gasteiger partial charge >= 0.3 is 12.0 Å². The van der Waals surface area contributed by atoms with Gasteiger partial charge < -0.3 is 15.3 Å². The number of piperidine rings is 1. The Labute approximate surface area is 122 Å². The van der Waals surface area contributed by atoms with Gasteiger partial charge in [-0.3, -0.25) is 4.79 Å². The van der Waals surface area contributed by atoms with Crippen LogP contribution in [0.25, 0.3) is 0 Å². The van der Waals surface area contributed by atoms with Gasteiger partial charge in [0.15, 0.2) is 0 Å². The monoisotopic (exact) mass is 296 g/mol. The molecule has 2 amide bonds. The number of urea groups is 1. The Morgan fingerprint density at radius 3 is 2.70 bits per heavy atom. The molecular weight excluding hydrogens is 276 g/mol. The summed E-state index contributed by atoms with van der Waals surface area (Å²) in [5.74, 6) is -0.544. The molecule has 0 atom stereocenters. The van der Waals surface area contributed by atoms with E-state index < -0.39 is 5.97 Å². The number of thiophene rings is 1. The van der Waals surface area contributed by atoms with E-state index in [-0.39, 0.29) is 18.4 Å². The van der Waals surface area contributed by atoms with E-state index in [4.69, 9.17) is 5.11 Å². The van der Waals surface area contributed by atoms with Crippen LogP contribution in [0.1, 0.15) is 29.7 Å². The molecule has 0 bridgehead atoms. The molecule has 0 unspecified atom stereocenters. The normalized spacial score (nSPS) is 16.1. The number of carboxylic acids is 1. The Hall–Kier alpha value is -1.56. The van der Waals surface area contributed by atoms with Crippen molar-refractivity contribution in [1.29, 1.82) is 0 Å². The number of amides is 2. The fourth-order valence-electron chi connectivity index (χ4n) is 2.44. The molecule has 6 heteroatoms. The third-order valence-corrected chi connectivity index (χ3v) is 4.76. The standard InChI is InChI=1S/C14H20N2O3S/c1-10-4-7-20-12(10)9-15-14(19)16-5-2-11(3-6-16)8-13(17)18/h4,7,11H,2-3,5-6,8-9H2,1H3,(H,15,19)(H,17,18). The molecule has 0 radical (unpaired) electrons. The minimum atomic E-state index is -0.749. The summed E-state index contributed by atoms with van der Waals surface area (Å²) < 4.78 is 0. The van der Waals surface area contributed by atoms with Crippen molar-refractivity contribution in [3.05, 3.63) is 21.9 Å². The molecule has 20 heavy (non-hydrogen) atoms. The lowest BCUT2D eigenvalue weighted by atomic mass is 9.94. The molecule has 5 nitrogen and oxygen atoms in total. The highest BCUT2D eigenvalue weighted by molar-refractivity contribution is 7.10. The summed E-state index contributed by atoms with van der Waals surface area (Å²) in [5, 5.41) is 13.7. The van der Waals surface area contributed by atoms with Crippen LogP contribution in [0, 0.1) is 12.8 Å². The molecule has 0 spiro atoms. The SMILES string of the molecule is Cc1ccsc1CNC(=O)N1CCC(CC(=O)O)CC1. The number of aryl methyl sites for hydroxylation is 1. The largest absolute Gasteiger partial charge is 0.481 e. The summed E-state index contributed by atoms with van der Waals surface area (Å²) in [5.41, 5.74) is 1.20. The summed E-state index contributed by atoms with van der Waals surface area (Å²) in [6.45, 7) is 3.90. The van der Waals surface area contributed by atoms with Crippen molar-refractivity contribution in [2.24, 2.45) is 5.92 Å². The first-order chi connectivity index (χ1) is 9.56.